The van der Waals surface area contributed by atoms with Crippen LogP contribution in [0.5, 0.6) is 0 Å². The van der Waals surface area contributed by atoms with E-state index >= 15 is 0 Å². The fourth-order valence-corrected chi connectivity index (χ4v) is 18.2. The van der Waals surface area contributed by atoms with Crippen LogP contribution in [0.3, 0.4) is 0 Å². The predicted octanol–water partition coefficient (Wildman–Crippen LogP) is 32.0. The van der Waals surface area contributed by atoms with Gasteiger partial charge in [0.15, 0.2) is 23.1 Å². The number of allylic oxidation sites excluding steroid dienone is 8. The first-order valence-electron chi connectivity index (χ1n) is 44.5. The summed E-state index contributed by atoms with van der Waals surface area (Å²) in [5, 5.41) is 38.0. The molecule has 0 saturated heterocycles. The third-order valence-electron chi connectivity index (χ3n) is 21.2. The van der Waals surface area contributed by atoms with E-state index in [1.807, 2.05) is 104 Å². The van der Waals surface area contributed by atoms with Gasteiger partial charge in [0, 0.05) is 193 Å². The van der Waals surface area contributed by atoms with Gasteiger partial charge in [-0.05, 0) is 223 Å². The van der Waals surface area contributed by atoms with Crippen LogP contribution in [0.1, 0.15) is 122 Å². The molecular formula is C120H112Ir4N4O10S2-4. The van der Waals surface area contributed by atoms with Crippen molar-refractivity contribution in [3.63, 3.8) is 0 Å². The molecule has 724 valence electrons. The molecule has 140 heavy (non-hydrogen) atoms. The molecule has 0 aliphatic rings. The molecule has 8 aromatic heterocycles. The van der Waals surface area contributed by atoms with E-state index in [2.05, 4.69) is 297 Å². The SMILES string of the molecule is CC(=O)C=C(C)O.CC(=O)C=C(C)O.CC(=O)C=C(C)O.CC(=O)C=C(C)O.Cc1[c-]c(-c2nccc3cc(-c4c(C)cccc4C)oc23)cc(C)c1.Cc1[c-]c(-c2nccc3cc(-c4ccc(-c5c(C)cccc5C)cc4)sc23)cc(C)c1.Cc1[c-]c(-c2nccc3cc(-c4ccccc4)oc23)cc(C)c1.Cc1cccc(C)c1-c1ccc(-c2cc3ccnc(-c4[c-]cccc4)c3s2)cc1.[Ir].[Ir].[Ir].[Ir]. The van der Waals surface area contributed by atoms with Crippen LogP contribution in [-0.2, 0) is 99.6 Å². The number of aliphatic hydroxyl groups is 4. The molecule has 0 aliphatic carbocycles. The summed E-state index contributed by atoms with van der Waals surface area (Å²) in [7, 11) is 0. The minimum atomic E-state index is -0.125. The fraction of sp³-hybridized carbons (Fsp3) is 0.167. The number of hydrogen-bond donors (Lipinski definition) is 4. The number of ketones is 4. The number of benzene rings is 10. The van der Waals surface area contributed by atoms with Gasteiger partial charge in [0.25, 0.3) is 0 Å². The summed E-state index contributed by atoms with van der Waals surface area (Å²) in [4.78, 5) is 61.1. The van der Waals surface area contributed by atoms with E-state index < -0.39 is 0 Å². The summed E-state index contributed by atoms with van der Waals surface area (Å²) in [5.74, 6) is 1.50. The molecule has 0 saturated carbocycles. The van der Waals surface area contributed by atoms with E-state index in [0.717, 1.165) is 106 Å². The van der Waals surface area contributed by atoms with Crippen molar-refractivity contribution in [1.82, 2.24) is 19.9 Å². The maximum absolute atomic E-state index is 10.0. The Morgan fingerprint density at radius 1 is 0.293 bits per heavy atom. The van der Waals surface area contributed by atoms with E-state index in [-0.39, 0.29) is 127 Å². The first-order valence-corrected chi connectivity index (χ1v) is 46.1. The van der Waals surface area contributed by atoms with Crippen LogP contribution in [0.25, 0.3) is 153 Å². The van der Waals surface area contributed by atoms with Crippen LogP contribution < -0.4 is 0 Å². The summed E-state index contributed by atoms with van der Waals surface area (Å²) in [6.45, 7) is 36.8. The first kappa shape index (κ1) is 114. The second kappa shape index (κ2) is 54.1. The van der Waals surface area contributed by atoms with E-state index in [1.165, 1.54) is 193 Å². The van der Waals surface area contributed by atoms with Crippen molar-refractivity contribution in [3.05, 3.63) is 406 Å². The van der Waals surface area contributed by atoms with Crippen LogP contribution in [0.2, 0.25) is 0 Å². The predicted molar refractivity (Wildman–Crippen MR) is 562 cm³/mol. The zero-order valence-electron chi connectivity index (χ0n) is 81.9. The Labute approximate surface area is 883 Å². The van der Waals surface area contributed by atoms with Crippen LogP contribution >= 0.6 is 22.7 Å². The number of aliphatic hydroxyl groups excluding tert-OH is 4. The molecule has 0 atom stereocenters. The number of rotatable bonds is 14. The van der Waals surface area contributed by atoms with Crippen molar-refractivity contribution in [2.24, 2.45) is 0 Å². The maximum atomic E-state index is 10.0. The average molecular weight is 2600 g/mol. The number of fused-ring (bicyclic) bond motifs is 4. The zero-order valence-corrected chi connectivity index (χ0v) is 93.1. The van der Waals surface area contributed by atoms with Gasteiger partial charge in [0.2, 0.25) is 0 Å². The van der Waals surface area contributed by atoms with Crippen molar-refractivity contribution >= 4 is 87.9 Å². The summed E-state index contributed by atoms with van der Waals surface area (Å²) in [5.41, 5.74) is 34.0. The Morgan fingerprint density at radius 3 is 0.914 bits per heavy atom. The number of carbonyl (C=O) groups is 4. The number of thiophene rings is 2. The van der Waals surface area contributed by atoms with Gasteiger partial charge in [-0.15, -0.1) is 163 Å². The second-order valence-corrected chi connectivity index (χ2v) is 35.8. The number of nitrogens with zero attached hydrogens (tertiary/aromatic N) is 4. The van der Waals surface area contributed by atoms with Crippen molar-refractivity contribution in [1.29, 1.82) is 0 Å². The van der Waals surface area contributed by atoms with Gasteiger partial charge in [-0.25, -0.2) is 0 Å². The Hall–Kier alpha value is -12.8. The second-order valence-electron chi connectivity index (χ2n) is 33.7. The molecular weight excluding hydrogens is 2490 g/mol. The maximum Gasteiger partial charge on any atom is 0.155 e. The molecule has 20 heteroatoms. The monoisotopic (exact) mass is 2600 g/mol. The minimum absolute atomic E-state index is 0. The minimum Gasteiger partial charge on any atom is -0.512 e. The molecule has 10 aromatic carbocycles. The van der Waals surface area contributed by atoms with Gasteiger partial charge in [0.05, 0.1) is 23.0 Å². The number of carbonyl (C=O) groups excluding carboxylic acids is 4. The third-order valence-corrected chi connectivity index (χ3v) is 23.6. The number of furan rings is 2. The summed E-state index contributed by atoms with van der Waals surface area (Å²) in [6, 6.07) is 98.6. The number of aromatic nitrogens is 4. The normalized spacial score (nSPS) is 10.9. The van der Waals surface area contributed by atoms with Crippen LogP contribution in [0.4, 0.5) is 0 Å². The fourth-order valence-electron chi connectivity index (χ4n) is 15.9. The summed E-state index contributed by atoms with van der Waals surface area (Å²) >= 11 is 3.61. The van der Waals surface area contributed by atoms with Crippen LogP contribution in [0, 0.1) is 107 Å². The Morgan fingerprint density at radius 2 is 0.593 bits per heavy atom. The van der Waals surface area contributed by atoms with Gasteiger partial charge < -0.3 is 49.2 Å². The Balaban J connectivity index is 0.000000231. The smallest absolute Gasteiger partial charge is 0.155 e. The molecule has 0 fully saturated rings. The molecule has 0 spiro atoms. The Kier molecular flexibility index (Phi) is 44.2. The van der Waals surface area contributed by atoms with Gasteiger partial charge >= 0.3 is 0 Å². The molecule has 8 heterocycles. The molecule has 18 rings (SSSR count). The summed E-state index contributed by atoms with van der Waals surface area (Å²) < 4.78 is 14.9. The standard InChI is InChI=1S/C29H24NS.C27H20NS.C23H20NO.C21H16NO.4C5H8O2.4Ir/c1-18-14-19(2)16-25(15-18)28-29-24(12-13-30-28)17-26(31-29)22-8-10-23(11-9-22)27-20(3)6-5-7-21(27)4;1-18-7-6-8-19(2)25(18)21-13-11-20(12-14-21)24-17-23-15-16-28-26(27(23)29-24)22-9-4-3-5-10-22;1-14-10-15(2)12-19(11-14)22-23-18(8-9-24-22)13-20(25-23)21-16(3)6-5-7-17(21)4;1-14-10-15(2)12-18(11-14)20-21-17(8-9-22-20)13-19(23-21)16-6-4-3-5-7-16;4*1-4(6)3-5(2)7;;;;/h5-15,17H,1-4H3;3-9,11-17H,1-2H3;5-11,13H,1-4H3;3-11,13H,1-2H3;4*3,6H,1-2H3;;;;/q4*-1;;;;;;;;. The van der Waals surface area contributed by atoms with Crippen LogP contribution in [0.15, 0.2) is 324 Å². The summed E-state index contributed by atoms with van der Waals surface area (Å²) in [6.07, 6.45) is 12.1. The van der Waals surface area contributed by atoms with E-state index in [9.17, 15) is 19.2 Å². The molecule has 4 radical (unpaired) electrons. The van der Waals surface area contributed by atoms with Crippen molar-refractivity contribution in [3.8, 4) is 111 Å². The van der Waals surface area contributed by atoms with Crippen molar-refractivity contribution in [2.45, 2.75) is 138 Å². The number of aryl methyl sites for hydroxylation is 12. The van der Waals surface area contributed by atoms with Crippen molar-refractivity contribution < 1.29 is 129 Å². The van der Waals surface area contributed by atoms with E-state index in [0.29, 0.717) is 0 Å². The van der Waals surface area contributed by atoms with Gasteiger partial charge in [-0.3, -0.25) is 19.2 Å². The number of pyridine rings is 4. The van der Waals surface area contributed by atoms with Crippen molar-refractivity contribution in [2.75, 3.05) is 0 Å². The zero-order chi connectivity index (χ0) is 98.1. The molecule has 18 aromatic rings. The topological polar surface area (TPSA) is 227 Å². The van der Waals surface area contributed by atoms with Gasteiger partial charge in [0.1, 0.15) is 22.7 Å². The molecule has 0 aliphatic heterocycles. The van der Waals surface area contributed by atoms with Gasteiger partial charge in [-0.2, -0.15) is 0 Å². The average Bonchev–Trinajstić information content (AvgIpc) is 1.69. The largest absolute Gasteiger partial charge is 0.512 e. The molecule has 0 unspecified atom stereocenters. The first-order chi connectivity index (χ1) is 64.9. The van der Waals surface area contributed by atoms with E-state index in [4.69, 9.17) is 34.2 Å². The molecule has 0 amide bonds. The molecule has 0 bridgehead atoms. The third kappa shape index (κ3) is 32.1. The molecule has 14 nitrogen and oxygen atoms in total. The van der Waals surface area contributed by atoms with Crippen LogP contribution in [-0.4, -0.2) is 63.5 Å². The van der Waals surface area contributed by atoms with Gasteiger partial charge in [-0.1, -0.05) is 175 Å². The molecule has 4 N–H and O–H groups in total. The Bertz CT molecular complexity index is 7230. The van der Waals surface area contributed by atoms with E-state index in [1.54, 1.807) is 11.3 Å². The quantitative estimate of drug-likeness (QED) is 0.0451. The number of hydrogen-bond acceptors (Lipinski definition) is 16.